The molecule has 0 saturated heterocycles. The summed E-state index contributed by atoms with van der Waals surface area (Å²) in [6.45, 7) is 7.76. The van der Waals surface area contributed by atoms with Gasteiger partial charge >= 0.3 is 0 Å². The van der Waals surface area contributed by atoms with E-state index < -0.39 is 0 Å². The van der Waals surface area contributed by atoms with Gasteiger partial charge in [0.15, 0.2) is 0 Å². The van der Waals surface area contributed by atoms with Gasteiger partial charge in [0.25, 0.3) is 0 Å². The fourth-order valence-corrected chi connectivity index (χ4v) is 2.15. The highest BCUT2D eigenvalue weighted by molar-refractivity contribution is 5.68. The quantitative estimate of drug-likeness (QED) is 0.698. The summed E-state index contributed by atoms with van der Waals surface area (Å²) in [6, 6.07) is 18.7. The lowest BCUT2D eigenvalue weighted by atomic mass is 9.89. The molecule has 0 aliphatic rings. The minimum atomic E-state index is -0.381. The molecule has 0 N–H and O–H groups in total. The molecule has 0 unspecified atom stereocenters. The molecule has 0 heterocycles. The highest BCUT2D eigenvalue weighted by Gasteiger charge is 2.24. The maximum atomic E-state index is 5.64. The Bertz CT molecular complexity index is 526. The topological polar surface area (TPSA) is 9.23 Å². The standard InChI is InChI=1S/C17H18O/c1-4-18-17(2,3)16-13-9-8-12-15(16)14-10-6-5-7-11-14/h4-13H,1H2,2-3H3. The molecule has 2 aromatic carbocycles. The van der Waals surface area contributed by atoms with Gasteiger partial charge in [-0.3, -0.25) is 0 Å². The van der Waals surface area contributed by atoms with Gasteiger partial charge in [-0.25, -0.2) is 0 Å². The van der Waals surface area contributed by atoms with Gasteiger partial charge in [0, 0.05) is 5.56 Å². The van der Waals surface area contributed by atoms with E-state index in [1.165, 1.54) is 17.4 Å². The lowest BCUT2D eigenvalue weighted by Gasteiger charge is -2.27. The molecule has 0 spiro atoms. The Hall–Kier alpha value is -2.02. The van der Waals surface area contributed by atoms with Gasteiger partial charge in [-0.1, -0.05) is 61.2 Å². The summed E-state index contributed by atoms with van der Waals surface area (Å²) in [4.78, 5) is 0. The summed E-state index contributed by atoms with van der Waals surface area (Å²) in [6.07, 6.45) is 1.50. The van der Waals surface area contributed by atoms with Crippen molar-refractivity contribution >= 4 is 0 Å². The van der Waals surface area contributed by atoms with Gasteiger partial charge < -0.3 is 4.74 Å². The second kappa shape index (κ2) is 5.09. The van der Waals surface area contributed by atoms with Crippen LogP contribution in [0.15, 0.2) is 67.4 Å². The first-order valence-electron chi connectivity index (χ1n) is 6.09. The Balaban J connectivity index is 2.53. The Labute approximate surface area is 109 Å². The molecule has 0 fully saturated rings. The van der Waals surface area contributed by atoms with Crippen molar-refractivity contribution in [3.8, 4) is 11.1 Å². The largest absolute Gasteiger partial charge is 0.491 e. The summed E-state index contributed by atoms with van der Waals surface area (Å²) in [5.41, 5.74) is 3.18. The summed E-state index contributed by atoms with van der Waals surface area (Å²) in [5.74, 6) is 0. The number of rotatable bonds is 4. The monoisotopic (exact) mass is 238 g/mol. The van der Waals surface area contributed by atoms with Crippen molar-refractivity contribution in [2.45, 2.75) is 19.4 Å². The van der Waals surface area contributed by atoms with Gasteiger partial charge in [-0.15, -0.1) is 0 Å². The zero-order valence-electron chi connectivity index (χ0n) is 10.9. The normalized spacial score (nSPS) is 11.0. The molecule has 0 aromatic heterocycles. The van der Waals surface area contributed by atoms with Crippen LogP contribution in [-0.4, -0.2) is 0 Å². The second-order valence-electron chi connectivity index (χ2n) is 4.71. The molecule has 18 heavy (non-hydrogen) atoms. The Morgan fingerprint density at radius 3 is 2.22 bits per heavy atom. The molecule has 0 atom stereocenters. The second-order valence-corrected chi connectivity index (χ2v) is 4.71. The molecule has 0 aliphatic heterocycles. The molecule has 2 aromatic rings. The van der Waals surface area contributed by atoms with Crippen LogP contribution >= 0.6 is 0 Å². The summed E-state index contributed by atoms with van der Waals surface area (Å²) in [5, 5.41) is 0. The van der Waals surface area contributed by atoms with Gasteiger partial charge in [0.2, 0.25) is 0 Å². The average molecular weight is 238 g/mol. The van der Waals surface area contributed by atoms with Crippen molar-refractivity contribution in [2.75, 3.05) is 0 Å². The van der Waals surface area contributed by atoms with Crippen molar-refractivity contribution in [3.63, 3.8) is 0 Å². The van der Waals surface area contributed by atoms with Crippen molar-refractivity contribution < 1.29 is 4.74 Å². The molecule has 2 rings (SSSR count). The van der Waals surface area contributed by atoms with Gasteiger partial charge in [-0.05, 0) is 25.0 Å². The van der Waals surface area contributed by atoms with E-state index in [9.17, 15) is 0 Å². The van der Waals surface area contributed by atoms with Crippen LogP contribution in [0.1, 0.15) is 19.4 Å². The minimum Gasteiger partial charge on any atom is -0.491 e. The lowest BCUT2D eigenvalue weighted by Crippen LogP contribution is -2.19. The van der Waals surface area contributed by atoms with Crippen LogP contribution in [0.25, 0.3) is 11.1 Å². The van der Waals surface area contributed by atoms with E-state index in [0.717, 1.165) is 5.56 Å². The Morgan fingerprint density at radius 1 is 0.944 bits per heavy atom. The van der Waals surface area contributed by atoms with Crippen LogP contribution in [0, 0.1) is 0 Å². The van der Waals surface area contributed by atoms with Crippen LogP contribution in [0.4, 0.5) is 0 Å². The summed E-state index contributed by atoms with van der Waals surface area (Å²) in [7, 11) is 0. The fraction of sp³-hybridized carbons (Fsp3) is 0.176. The Morgan fingerprint density at radius 2 is 1.56 bits per heavy atom. The van der Waals surface area contributed by atoms with Crippen LogP contribution in [0.3, 0.4) is 0 Å². The van der Waals surface area contributed by atoms with Crippen molar-refractivity contribution in [1.29, 1.82) is 0 Å². The van der Waals surface area contributed by atoms with Gasteiger partial charge in [-0.2, -0.15) is 0 Å². The zero-order chi connectivity index (χ0) is 13.0. The third-order valence-electron chi connectivity index (χ3n) is 3.04. The summed E-state index contributed by atoms with van der Waals surface area (Å²) >= 11 is 0. The maximum absolute atomic E-state index is 5.64. The van der Waals surface area contributed by atoms with E-state index in [4.69, 9.17) is 4.74 Å². The number of hydrogen-bond donors (Lipinski definition) is 0. The first-order valence-corrected chi connectivity index (χ1v) is 6.09. The van der Waals surface area contributed by atoms with E-state index in [-0.39, 0.29) is 5.60 Å². The highest BCUT2D eigenvalue weighted by Crippen LogP contribution is 2.33. The first-order chi connectivity index (χ1) is 8.65. The SMILES string of the molecule is C=COC(C)(C)c1ccccc1-c1ccccc1. The van der Waals surface area contributed by atoms with E-state index in [2.05, 4.69) is 50.8 Å². The van der Waals surface area contributed by atoms with Gasteiger partial charge in [0.1, 0.15) is 5.60 Å². The van der Waals surface area contributed by atoms with Crippen LogP contribution < -0.4 is 0 Å². The van der Waals surface area contributed by atoms with E-state index in [1.54, 1.807) is 0 Å². The first kappa shape index (κ1) is 12.4. The number of ether oxygens (including phenoxy) is 1. The average Bonchev–Trinajstić information content (AvgIpc) is 2.40. The minimum absolute atomic E-state index is 0.381. The molecule has 0 bridgehead atoms. The number of benzene rings is 2. The molecule has 1 heteroatoms. The van der Waals surface area contributed by atoms with Crippen molar-refractivity contribution in [2.24, 2.45) is 0 Å². The molecular weight excluding hydrogens is 220 g/mol. The van der Waals surface area contributed by atoms with E-state index in [0.29, 0.717) is 0 Å². The van der Waals surface area contributed by atoms with E-state index in [1.807, 2.05) is 24.3 Å². The molecule has 0 aliphatic carbocycles. The molecule has 92 valence electrons. The van der Waals surface area contributed by atoms with E-state index >= 15 is 0 Å². The molecule has 0 amide bonds. The predicted octanol–water partition coefficient (Wildman–Crippen LogP) is 4.75. The smallest absolute Gasteiger partial charge is 0.128 e. The molecule has 0 saturated carbocycles. The van der Waals surface area contributed by atoms with Crippen LogP contribution in [0.5, 0.6) is 0 Å². The lowest BCUT2D eigenvalue weighted by molar-refractivity contribution is 0.0565. The molecular formula is C17H18O. The highest BCUT2D eigenvalue weighted by atomic mass is 16.5. The molecule has 0 radical (unpaired) electrons. The summed E-state index contributed by atoms with van der Waals surface area (Å²) < 4.78 is 5.64. The molecule has 1 nitrogen and oxygen atoms in total. The van der Waals surface area contributed by atoms with Crippen LogP contribution in [-0.2, 0) is 10.3 Å². The Kier molecular flexibility index (Phi) is 3.52. The van der Waals surface area contributed by atoms with Crippen LogP contribution in [0.2, 0.25) is 0 Å². The van der Waals surface area contributed by atoms with Crippen molar-refractivity contribution in [1.82, 2.24) is 0 Å². The number of hydrogen-bond acceptors (Lipinski definition) is 1. The third-order valence-corrected chi connectivity index (χ3v) is 3.04. The zero-order valence-corrected chi connectivity index (χ0v) is 10.9. The third kappa shape index (κ3) is 2.45. The fourth-order valence-electron chi connectivity index (χ4n) is 2.15. The van der Waals surface area contributed by atoms with Gasteiger partial charge in [0.05, 0.1) is 6.26 Å². The maximum Gasteiger partial charge on any atom is 0.128 e. The van der Waals surface area contributed by atoms with Crippen molar-refractivity contribution in [3.05, 3.63) is 73.0 Å². The predicted molar refractivity (Wildman–Crippen MR) is 76.2 cm³/mol.